The lowest BCUT2D eigenvalue weighted by atomic mass is 10.2. The van der Waals surface area contributed by atoms with E-state index in [2.05, 4.69) is 20.4 Å². The van der Waals surface area contributed by atoms with Crippen molar-refractivity contribution in [3.63, 3.8) is 0 Å². The summed E-state index contributed by atoms with van der Waals surface area (Å²) in [7, 11) is 1.67. The minimum atomic E-state index is -0.176. The Bertz CT molecular complexity index is 804. The molecule has 0 spiro atoms. The number of nitrogen functional groups attached to an aromatic ring is 1. The number of tetrazole rings is 1. The van der Waals surface area contributed by atoms with Gasteiger partial charge in [0.05, 0.1) is 30.8 Å². The van der Waals surface area contributed by atoms with Gasteiger partial charge in [0.1, 0.15) is 0 Å². The van der Waals surface area contributed by atoms with Crippen LogP contribution in [0.1, 0.15) is 5.82 Å². The maximum atomic E-state index is 12.3. The van der Waals surface area contributed by atoms with Gasteiger partial charge in [-0.15, -0.1) is 10.2 Å². The van der Waals surface area contributed by atoms with E-state index in [4.69, 9.17) is 5.73 Å². The minimum Gasteiger partial charge on any atom is -0.399 e. The van der Waals surface area contributed by atoms with Crippen LogP contribution >= 0.6 is 0 Å². The van der Waals surface area contributed by atoms with Gasteiger partial charge in [-0.25, -0.2) is 4.98 Å². The summed E-state index contributed by atoms with van der Waals surface area (Å²) >= 11 is 0. The van der Waals surface area contributed by atoms with Gasteiger partial charge in [0.2, 0.25) is 0 Å². The van der Waals surface area contributed by atoms with Crippen molar-refractivity contribution in [3.8, 4) is 0 Å². The van der Waals surface area contributed by atoms with Gasteiger partial charge < -0.3 is 5.73 Å². The number of hydrogen-bond donors (Lipinski definition) is 1. The van der Waals surface area contributed by atoms with Crippen LogP contribution in [-0.2, 0) is 13.6 Å². The molecule has 0 bridgehead atoms. The van der Waals surface area contributed by atoms with Crippen LogP contribution < -0.4 is 11.3 Å². The number of hydrogen-bond acceptors (Lipinski definition) is 6. The molecule has 0 aliphatic rings. The summed E-state index contributed by atoms with van der Waals surface area (Å²) in [5.41, 5.74) is 6.65. The summed E-state index contributed by atoms with van der Waals surface area (Å²) in [6, 6.07) is 5.05. The minimum absolute atomic E-state index is 0.176. The van der Waals surface area contributed by atoms with Crippen LogP contribution in [0.2, 0.25) is 0 Å². The standard InChI is InChI=1S/C11H11N7O/c1-17-15-10(14-16-17)5-18-6-13-9-3-2-7(12)4-8(9)11(18)19/h2-4,6H,5,12H2,1H3. The van der Waals surface area contributed by atoms with E-state index in [9.17, 15) is 4.79 Å². The van der Waals surface area contributed by atoms with Crippen molar-refractivity contribution in [2.75, 3.05) is 5.73 Å². The Morgan fingerprint density at radius 3 is 2.95 bits per heavy atom. The maximum absolute atomic E-state index is 12.3. The summed E-state index contributed by atoms with van der Waals surface area (Å²) < 4.78 is 1.43. The maximum Gasteiger partial charge on any atom is 0.261 e. The molecular weight excluding hydrogens is 246 g/mol. The zero-order chi connectivity index (χ0) is 13.4. The summed E-state index contributed by atoms with van der Waals surface area (Å²) in [6.45, 7) is 0.227. The fourth-order valence-corrected chi connectivity index (χ4v) is 1.83. The van der Waals surface area contributed by atoms with Crippen LogP contribution in [-0.4, -0.2) is 29.8 Å². The Kier molecular flexibility index (Phi) is 2.48. The number of nitrogens with zero attached hydrogens (tertiary/aromatic N) is 6. The lowest BCUT2D eigenvalue weighted by Crippen LogP contribution is -2.21. The fourth-order valence-electron chi connectivity index (χ4n) is 1.83. The van der Waals surface area contributed by atoms with Crippen molar-refractivity contribution in [3.05, 3.63) is 40.7 Å². The van der Waals surface area contributed by atoms with E-state index in [1.165, 1.54) is 15.7 Å². The number of aryl methyl sites for hydroxylation is 1. The van der Waals surface area contributed by atoms with E-state index >= 15 is 0 Å². The van der Waals surface area contributed by atoms with Crippen molar-refractivity contribution in [1.29, 1.82) is 0 Å². The second-order valence-corrected chi connectivity index (χ2v) is 4.15. The molecule has 0 saturated carbocycles. The van der Waals surface area contributed by atoms with Crippen LogP contribution in [0.15, 0.2) is 29.3 Å². The van der Waals surface area contributed by atoms with Gasteiger partial charge in [-0.3, -0.25) is 9.36 Å². The Balaban J connectivity index is 2.09. The number of rotatable bonds is 2. The van der Waals surface area contributed by atoms with Gasteiger partial charge in [0.25, 0.3) is 5.56 Å². The van der Waals surface area contributed by atoms with Crippen LogP contribution in [0.4, 0.5) is 5.69 Å². The van der Waals surface area contributed by atoms with Crippen LogP contribution in [0.3, 0.4) is 0 Å². The van der Waals surface area contributed by atoms with Gasteiger partial charge in [-0.2, -0.15) is 4.80 Å². The molecule has 0 aliphatic carbocycles. The third kappa shape index (κ3) is 2.03. The van der Waals surface area contributed by atoms with E-state index in [1.54, 1.807) is 25.2 Å². The topological polar surface area (TPSA) is 105 Å². The van der Waals surface area contributed by atoms with Crippen LogP contribution in [0.25, 0.3) is 10.9 Å². The third-order valence-corrected chi connectivity index (χ3v) is 2.71. The van der Waals surface area contributed by atoms with Gasteiger partial charge >= 0.3 is 0 Å². The molecule has 19 heavy (non-hydrogen) atoms. The third-order valence-electron chi connectivity index (χ3n) is 2.71. The molecule has 0 amide bonds. The van der Waals surface area contributed by atoms with Crippen LogP contribution in [0, 0.1) is 0 Å². The zero-order valence-electron chi connectivity index (χ0n) is 10.2. The Labute approximate surface area is 107 Å². The number of anilines is 1. The smallest absolute Gasteiger partial charge is 0.261 e. The van der Waals surface area contributed by atoms with Gasteiger partial charge in [-0.05, 0) is 23.4 Å². The number of aromatic nitrogens is 6. The quantitative estimate of drug-likeness (QED) is 0.623. The normalized spacial score (nSPS) is 11.0. The fraction of sp³-hybridized carbons (Fsp3) is 0.182. The number of benzene rings is 1. The van der Waals surface area contributed by atoms with Gasteiger partial charge in [0.15, 0.2) is 5.82 Å². The molecule has 0 unspecified atom stereocenters. The van der Waals surface area contributed by atoms with Gasteiger partial charge in [0, 0.05) is 5.69 Å². The SMILES string of the molecule is Cn1nnc(Cn2cnc3ccc(N)cc3c2=O)n1. The lowest BCUT2D eigenvalue weighted by Gasteiger charge is -2.04. The van der Waals surface area contributed by atoms with Crippen molar-refractivity contribution >= 4 is 16.6 Å². The average Bonchev–Trinajstić information content (AvgIpc) is 2.79. The van der Waals surface area contributed by atoms with Crippen molar-refractivity contribution < 1.29 is 0 Å². The highest BCUT2D eigenvalue weighted by Crippen LogP contribution is 2.11. The average molecular weight is 257 g/mol. The van der Waals surface area contributed by atoms with E-state index in [-0.39, 0.29) is 12.1 Å². The first-order chi connectivity index (χ1) is 9.13. The largest absolute Gasteiger partial charge is 0.399 e. The monoisotopic (exact) mass is 257 g/mol. The molecule has 2 aromatic heterocycles. The van der Waals surface area contributed by atoms with E-state index in [1.807, 2.05) is 0 Å². The molecule has 2 heterocycles. The molecule has 96 valence electrons. The molecule has 0 atom stereocenters. The highest BCUT2D eigenvalue weighted by molar-refractivity contribution is 5.80. The molecule has 3 aromatic rings. The second-order valence-electron chi connectivity index (χ2n) is 4.15. The summed E-state index contributed by atoms with van der Waals surface area (Å²) in [5.74, 6) is 0.453. The van der Waals surface area contributed by atoms with Crippen molar-refractivity contribution in [1.82, 2.24) is 29.8 Å². The highest BCUT2D eigenvalue weighted by atomic mass is 16.1. The predicted molar refractivity (Wildman–Crippen MR) is 68.3 cm³/mol. The first-order valence-corrected chi connectivity index (χ1v) is 5.61. The molecule has 8 heteroatoms. The first-order valence-electron chi connectivity index (χ1n) is 5.61. The molecule has 0 radical (unpaired) electrons. The summed E-state index contributed by atoms with van der Waals surface area (Å²) in [5, 5.41) is 12.1. The molecule has 8 nitrogen and oxygen atoms in total. The second kappa shape index (κ2) is 4.16. The Morgan fingerprint density at radius 1 is 1.37 bits per heavy atom. The predicted octanol–water partition coefficient (Wildman–Crippen LogP) is -0.450. The Hall–Kier alpha value is -2.77. The highest BCUT2D eigenvalue weighted by Gasteiger charge is 2.07. The number of fused-ring (bicyclic) bond motifs is 1. The van der Waals surface area contributed by atoms with Crippen LogP contribution in [0.5, 0.6) is 0 Å². The van der Waals surface area contributed by atoms with E-state index in [0.29, 0.717) is 22.4 Å². The molecule has 0 saturated heterocycles. The first kappa shape index (κ1) is 11.3. The Morgan fingerprint density at radius 2 is 2.21 bits per heavy atom. The van der Waals surface area contributed by atoms with E-state index < -0.39 is 0 Å². The molecule has 0 aliphatic heterocycles. The van der Waals surface area contributed by atoms with E-state index in [0.717, 1.165) is 0 Å². The zero-order valence-corrected chi connectivity index (χ0v) is 10.2. The molecule has 3 rings (SSSR count). The molecule has 2 N–H and O–H groups in total. The van der Waals surface area contributed by atoms with Gasteiger partial charge in [-0.1, -0.05) is 0 Å². The van der Waals surface area contributed by atoms with Crippen molar-refractivity contribution in [2.45, 2.75) is 6.54 Å². The summed E-state index contributed by atoms with van der Waals surface area (Å²) in [6.07, 6.45) is 1.47. The number of nitrogens with two attached hydrogens (primary N) is 1. The van der Waals surface area contributed by atoms with Crippen molar-refractivity contribution in [2.24, 2.45) is 7.05 Å². The molecular formula is C11H11N7O. The lowest BCUT2D eigenvalue weighted by molar-refractivity contribution is 0.623. The molecule has 0 fully saturated rings. The molecule has 1 aromatic carbocycles. The summed E-state index contributed by atoms with van der Waals surface area (Å²) in [4.78, 5) is 17.8.